The molecule has 2 nitrogen and oxygen atoms in total. The minimum Gasteiger partial charge on any atom is -0.379 e. The summed E-state index contributed by atoms with van der Waals surface area (Å²) in [5, 5.41) is 3.30. The summed E-state index contributed by atoms with van der Waals surface area (Å²) in [6.07, 6.45) is 1.81. The van der Waals surface area contributed by atoms with E-state index < -0.39 is 0 Å². The average molecular weight is 263 g/mol. The van der Waals surface area contributed by atoms with Crippen molar-refractivity contribution in [1.29, 1.82) is 0 Å². The van der Waals surface area contributed by atoms with E-state index in [4.69, 9.17) is 0 Å². The molecule has 1 N–H and O–H groups in total. The van der Waals surface area contributed by atoms with Gasteiger partial charge in [-0.3, -0.25) is 4.98 Å². The lowest BCUT2D eigenvalue weighted by Crippen LogP contribution is -2.00. The summed E-state index contributed by atoms with van der Waals surface area (Å²) in [6.45, 7) is 0.747. The average Bonchev–Trinajstić information content (AvgIpc) is 2.30. The molecule has 0 radical (unpaired) electrons. The summed E-state index contributed by atoms with van der Waals surface area (Å²) in [4.78, 5) is 4.28. The van der Waals surface area contributed by atoms with Crippen LogP contribution in [0.3, 0.4) is 0 Å². The van der Waals surface area contributed by atoms with Crippen LogP contribution in [0.15, 0.2) is 53.1 Å². The summed E-state index contributed by atoms with van der Waals surface area (Å²) >= 11 is 3.36. The summed E-state index contributed by atoms with van der Waals surface area (Å²) in [5.41, 5.74) is 2.14. The number of nitrogens with zero attached hydrogens (tertiary/aromatic N) is 1. The highest BCUT2D eigenvalue weighted by atomic mass is 79.9. The molecule has 0 unspecified atom stereocenters. The number of para-hydroxylation sites is 1. The van der Waals surface area contributed by atoms with Crippen LogP contribution < -0.4 is 5.32 Å². The number of rotatable bonds is 3. The van der Waals surface area contributed by atoms with Crippen LogP contribution in [0, 0.1) is 0 Å². The van der Waals surface area contributed by atoms with Crippen molar-refractivity contribution >= 4 is 21.6 Å². The standard InChI is InChI=1S/C12H11BrN2/c13-10-6-7-12(14-8-10)9-15-11-4-2-1-3-5-11/h1-8,15H,9H2. The molecule has 0 atom stereocenters. The molecule has 1 heterocycles. The third-order valence-electron chi connectivity index (χ3n) is 2.04. The minimum absolute atomic E-state index is 0.747. The van der Waals surface area contributed by atoms with Gasteiger partial charge in [-0.2, -0.15) is 0 Å². The van der Waals surface area contributed by atoms with E-state index in [2.05, 4.69) is 26.2 Å². The van der Waals surface area contributed by atoms with E-state index in [0.29, 0.717) is 0 Å². The van der Waals surface area contributed by atoms with E-state index in [9.17, 15) is 0 Å². The Labute approximate surface area is 97.5 Å². The van der Waals surface area contributed by atoms with Gasteiger partial charge in [0.15, 0.2) is 0 Å². The molecular formula is C12H11BrN2. The van der Waals surface area contributed by atoms with Crippen LogP contribution in [-0.4, -0.2) is 4.98 Å². The van der Waals surface area contributed by atoms with Gasteiger partial charge in [-0.05, 0) is 40.2 Å². The topological polar surface area (TPSA) is 24.9 Å². The SMILES string of the molecule is Brc1ccc(CNc2ccccc2)nc1. The Kier molecular flexibility index (Phi) is 3.35. The first-order chi connectivity index (χ1) is 7.34. The first-order valence-electron chi connectivity index (χ1n) is 4.74. The van der Waals surface area contributed by atoms with Gasteiger partial charge in [0.1, 0.15) is 0 Å². The zero-order chi connectivity index (χ0) is 10.5. The molecule has 1 aromatic carbocycles. The summed E-state index contributed by atoms with van der Waals surface area (Å²) in [7, 11) is 0. The largest absolute Gasteiger partial charge is 0.379 e. The molecule has 76 valence electrons. The van der Waals surface area contributed by atoms with Gasteiger partial charge < -0.3 is 5.32 Å². The quantitative estimate of drug-likeness (QED) is 0.917. The first kappa shape index (κ1) is 10.2. The van der Waals surface area contributed by atoms with Gasteiger partial charge in [-0.25, -0.2) is 0 Å². The fraction of sp³-hybridized carbons (Fsp3) is 0.0833. The van der Waals surface area contributed by atoms with Crippen molar-refractivity contribution in [2.45, 2.75) is 6.54 Å². The number of anilines is 1. The van der Waals surface area contributed by atoms with Crippen molar-refractivity contribution in [3.05, 3.63) is 58.8 Å². The van der Waals surface area contributed by atoms with Gasteiger partial charge in [0.2, 0.25) is 0 Å². The molecule has 0 aliphatic rings. The lowest BCUT2D eigenvalue weighted by Gasteiger charge is -2.05. The molecule has 1 aromatic heterocycles. The van der Waals surface area contributed by atoms with Gasteiger partial charge in [-0.15, -0.1) is 0 Å². The van der Waals surface area contributed by atoms with Crippen molar-refractivity contribution in [1.82, 2.24) is 4.98 Å². The number of aromatic nitrogens is 1. The van der Waals surface area contributed by atoms with E-state index in [0.717, 1.165) is 22.4 Å². The number of hydrogen-bond donors (Lipinski definition) is 1. The van der Waals surface area contributed by atoms with Gasteiger partial charge in [0, 0.05) is 16.4 Å². The Morgan fingerprint density at radius 3 is 2.53 bits per heavy atom. The molecule has 0 saturated carbocycles. The maximum Gasteiger partial charge on any atom is 0.0595 e. The van der Waals surface area contributed by atoms with Crippen LogP contribution in [0.25, 0.3) is 0 Å². The monoisotopic (exact) mass is 262 g/mol. The molecule has 2 rings (SSSR count). The normalized spacial score (nSPS) is 9.93. The highest BCUT2D eigenvalue weighted by Crippen LogP contribution is 2.10. The van der Waals surface area contributed by atoms with Crippen molar-refractivity contribution in [2.75, 3.05) is 5.32 Å². The smallest absolute Gasteiger partial charge is 0.0595 e. The fourth-order valence-electron chi connectivity index (χ4n) is 1.26. The highest BCUT2D eigenvalue weighted by Gasteiger charge is 1.94. The Morgan fingerprint density at radius 2 is 1.87 bits per heavy atom. The first-order valence-corrected chi connectivity index (χ1v) is 5.53. The minimum atomic E-state index is 0.747. The number of nitrogens with one attached hydrogen (secondary N) is 1. The van der Waals surface area contributed by atoms with E-state index in [1.165, 1.54) is 0 Å². The molecule has 0 amide bonds. The number of halogens is 1. The predicted molar refractivity (Wildman–Crippen MR) is 65.7 cm³/mol. The van der Waals surface area contributed by atoms with Crippen molar-refractivity contribution < 1.29 is 0 Å². The molecule has 3 heteroatoms. The molecule has 15 heavy (non-hydrogen) atoms. The van der Waals surface area contributed by atoms with Gasteiger partial charge in [0.05, 0.1) is 12.2 Å². The molecule has 0 aliphatic heterocycles. The lowest BCUT2D eigenvalue weighted by molar-refractivity contribution is 1.04. The summed E-state index contributed by atoms with van der Waals surface area (Å²) < 4.78 is 1.01. The third kappa shape index (κ3) is 3.06. The molecule has 0 spiro atoms. The Hall–Kier alpha value is -1.35. The van der Waals surface area contributed by atoms with Gasteiger partial charge in [0.25, 0.3) is 0 Å². The summed E-state index contributed by atoms with van der Waals surface area (Å²) in [5.74, 6) is 0. The molecular weight excluding hydrogens is 252 g/mol. The van der Waals surface area contributed by atoms with Crippen molar-refractivity contribution in [2.24, 2.45) is 0 Å². The third-order valence-corrected chi connectivity index (χ3v) is 2.51. The van der Waals surface area contributed by atoms with Crippen LogP contribution in [0.4, 0.5) is 5.69 Å². The van der Waals surface area contributed by atoms with Crippen LogP contribution >= 0.6 is 15.9 Å². The Bertz CT molecular complexity index is 411. The lowest BCUT2D eigenvalue weighted by atomic mass is 10.3. The van der Waals surface area contributed by atoms with Crippen molar-refractivity contribution in [3.63, 3.8) is 0 Å². The second-order valence-corrected chi connectivity index (χ2v) is 4.10. The molecule has 2 aromatic rings. The Balaban J connectivity index is 1.96. The van der Waals surface area contributed by atoms with Crippen LogP contribution in [0.5, 0.6) is 0 Å². The molecule has 0 fully saturated rings. The van der Waals surface area contributed by atoms with E-state index in [1.54, 1.807) is 0 Å². The van der Waals surface area contributed by atoms with Crippen LogP contribution in [0.2, 0.25) is 0 Å². The van der Waals surface area contributed by atoms with Crippen molar-refractivity contribution in [3.8, 4) is 0 Å². The Morgan fingerprint density at radius 1 is 1.07 bits per heavy atom. The zero-order valence-corrected chi connectivity index (χ0v) is 9.74. The number of hydrogen-bond acceptors (Lipinski definition) is 2. The van der Waals surface area contributed by atoms with E-state index in [1.807, 2.05) is 48.7 Å². The van der Waals surface area contributed by atoms with Gasteiger partial charge in [-0.1, -0.05) is 18.2 Å². The van der Waals surface area contributed by atoms with Crippen LogP contribution in [-0.2, 0) is 6.54 Å². The second-order valence-electron chi connectivity index (χ2n) is 3.19. The number of pyridine rings is 1. The highest BCUT2D eigenvalue weighted by molar-refractivity contribution is 9.10. The van der Waals surface area contributed by atoms with E-state index >= 15 is 0 Å². The second kappa shape index (κ2) is 4.94. The summed E-state index contributed by atoms with van der Waals surface area (Å²) in [6, 6.07) is 14.1. The van der Waals surface area contributed by atoms with E-state index in [-0.39, 0.29) is 0 Å². The molecule has 0 bridgehead atoms. The molecule has 0 aliphatic carbocycles. The van der Waals surface area contributed by atoms with Gasteiger partial charge >= 0.3 is 0 Å². The maximum atomic E-state index is 4.28. The predicted octanol–water partition coefficient (Wildman–Crippen LogP) is 3.46. The van der Waals surface area contributed by atoms with Crippen LogP contribution in [0.1, 0.15) is 5.69 Å². The number of benzene rings is 1. The maximum absolute atomic E-state index is 4.28. The molecule has 0 saturated heterocycles. The zero-order valence-electron chi connectivity index (χ0n) is 8.15. The fourth-order valence-corrected chi connectivity index (χ4v) is 1.49.